The molecule has 0 spiro atoms. The zero-order valence-electron chi connectivity index (χ0n) is 13.4. The molecular weight excluding hydrogens is 312 g/mol. The summed E-state index contributed by atoms with van der Waals surface area (Å²) in [5.41, 5.74) is 0.934. The molecule has 1 saturated carbocycles. The Kier molecular flexibility index (Phi) is 4.90. The van der Waals surface area contributed by atoms with Gasteiger partial charge < -0.3 is 10.2 Å². The van der Waals surface area contributed by atoms with Crippen LogP contribution in [0.25, 0.3) is 0 Å². The average molecular weight is 335 g/mol. The van der Waals surface area contributed by atoms with Gasteiger partial charge in [0.1, 0.15) is 0 Å². The molecule has 1 aromatic rings. The molecule has 2 amide bonds. The predicted molar refractivity (Wildman–Crippen MR) is 90.0 cm³/mol. The number of nitrogens with zero attached hydrogens (tertiary/aromatic N) is 1. The first-order valence-electron chi connectivity index (χ1n) is 8.40. The summed E-state index contributed by atoms with van der Waals surface area (Å²) in [5.74, 6) is 0.605. The van der Waals surface area contributed by atoms with Gasteiger partial charge in [-0.05, 0) is 44.2 Å². The maximum atomic E-state index is 12.5. The van der Waals surface area contributed by atoms with Crippen LogP contribution in [0.2, 0.25) is 5.02 Å². The van der Waals surface area contributed by atoms with E-state index in [1.807, 2.05) is 36.1 Å². The van der Waals surface area contributed by atoms with Crippen molar-refractivity contribution in [2.45, 2.75) is 38.6 Å². The Labute approximate surface area is 142 Å². The molecule has 0 bridgehead atoms. The third kappa shape index (κ3) is 3.86. The van der Waals surface area contributed by atoms with E-state index >= 15 is 0 Å². The van der Waals surface area contributed by atoms with Crippen molar-refractivity contribution in [3.63, 3.8) is 0 Å². The monoisotopic (exact) mass is 334 g/mol. The molecule has 1 heterocycles. The lowest BCUT2D eigenvalue weighted by Gasteiger charge is -2.32. The molecule has 1 aromatic carbocycles. The summed E-state index contributed by atoms with van der Waals surface area (Å²) in [6.07, 6.45) is 3.57. The maximum absolute atomic E-state index is 12.5. The van der Waals surface area contributed by atoms with E-state index in [9.17, 15) is 9.59 Å². The average Bonchev–Trinajstić information content (AvgIpc) is 3.39. The number of halogens is 1. The molecule has 3 rings (SSSR count). The molecule has 1 aliphatic heterocycles. The largest absolute Gasteiger partial charge is 0.349 e. The number of carbonyl (C=O) groups excluding carboxylic acids is 2. The van der Waals surface area contributed by atoms with E-state index < -0.39 is 0 Å². The smallest absolute Gasteiger partial charge is 0.225 e. The third-order valence-corrected chi connectivity index (χ3v) is 5.18. The van der Waals surface area contributed by atoms with Crippen molar-refractivity contribution in [1.29, 1.82) is 0 Å². The van der Waals surface area contributed by atoms with Crippen molar-refractivity contribution < 1.29 is 9.59 Å². The normalized spacial score (nSPS) is 20.2. The summed E-state index contributed by atoms with van der Waals surface area (Å²) in [4.78, 5) is 26.4. The second-order valence-corrected chi connectivity index (χ2v) is 7.03. The lowest BCUT2D eigenvalue weighted by Crippen LogP contribution is -2.44. The Balaban J connectivity index is 1.51. The molecule has 23 heavy (non-hydrogen) atoms. The number of rotatable bonds is 4. The first-order valence-corrected chi connectivity index (χ1v) is 8.77. The number of nitrogens with one attached hydrogen (secondary N) is 1. The van der Waals surface area contributed by atoms with Crippen molar-refractivity contribution >= 4 is 23.4 Å². The van der Waals surface area contributed by atoms with Gasteiger partial charge in [-0.3, -0.25) is 9.59 Å². The number of likely N-dealkylation sites (tertiary alicyclic amines) is 1. The summed E-state index contributed by atoms with van der Waals surface area (Å²) >= 11 is 6.18. The Hall–Kier alpha value is -1.55. The van der Waals surface area contributed by atoms with Crippen LogP contribution in [0.1, 0.15) is 44.2 Å². The lowest BCUT2D eigenvalue weighted by atomic mass is 9.95. The summed E-state index contributed by atoms with van der Waals surface area (Å²) in [6.45, 7) is 3.35. The van der Waals surface area contributed by atoms with E-state index in [1.165, 1.54) is 0 Å². The zero-order valence-corrected chi connectivity index (χ0v) is 14.2. The van der Waals surface area contributed by atoms with E-state index in [2.05, 4.69) is 5.32 Å². The van der Waals surface area contributed by atoms with Crippen LogP contribution < -0.4 is 5.32 Å². The van der Waals surface area contributed by atoms with Crippen LogP contribution in [0.5, 0.6) is 0 Å². The molecule has 5 heteroatoms. The fourth-order valence-corrected chi connectivity index (χ4v) is 3.49. The van der Waals surface area contributed by atoms with Crippen LogP contribution in [0.4, 0.5) is 0 Å². The van der Waals surface area contributed by atoms with Crippen molar-refractivity contribution in [3.05, 3.63) is 34.9 Å². The molecule has 1 aliphatic carbocycles. The van der Waals surface area contributed by atoms with Gasteiger partial charge in [0.25, 0.3) is 0 Å². The highest BCUT2D eigenvalue weighted by molar-refractivity contribution is 6.31. The number of hydrogen-bond acceptors (Lipinski definition) is 2. The van der Waals surface area contributed by atoms with Crippen molar-refractivity contribution in [3.8, 4) is 0 Å². The highest BCUT2D eigenvalue weighted by atomic mass is 35.5. The molecule has 0 radical (unpaired) electrons. The van der Waals surface area contributed by atoms with Gasteiger partial charge in [-0.15, -0.1) is 0 Å². The van der Waals surface area contributed by atoms with Crippen molar-refractivity contribution in [2.75, 3.05) is 13.1 Å². The Morgan fingerprint density at radius 2 is 1.78 bits per heavy atom. The fraction of sp³-hybridized carbons (Fsp3) is 0.556. The van der Waals surface area contributed by atoms with E-state index in [4.69, 9.17) is 11.6 Å². The minimum absolute atomic E-state index is 0.0109. The van der Waals surface area contributed by atoms with E-state index in [-0.39, 0.29) is 29.7 Å². The molecule has 4 nitrogen and oxygen atoms in total. The SMILES string of the molecule is CC(NC(=O)C1CCN(C(=O)C2CC2)CC1)c1ccccc1Cl. The van der Waals surface area contributed by atoms with Crippen LogP contribution in [0, 0.1) is 11.8 Å². The molecule has 1 unspecified atom stereocenters. The number of benzene rings is 1. The minimum atomic E-state index is -0.109. The maximum Gasteiger partial charge on any atom is 0.225 e. The number of piperidine rings is 1. The van der Waals surface area contributed by atoms with Gasteiger partial charge in [-0.25, -0.2) is 0 Å². The van der Waals surface area contributed by atoms with E-state index in [0.717, 1.165) is 31.2 Å². The Morgan fingerprint density at radius 1 is 1.13 bits per heavy atom. The molecular formula is C18H23ClN2O2. The van der Waals surface area contributed by atoms with Gasteiger partial charge in [0.05, 0.1) is 6.04 Å². The summed E-state index contributed by atoms with van der Waals surface area (Å²) in [7, 11) is 0. The van der Waals surface area contributed by atoms with Crippen molar-refractivity contribution in [2.24, 2.45) is 11.8 Å². The standard InChI is InChI=1S/C18H23ClN2O2/c1-12(15-4-2-3-5-16(15)19)20-17(22)13-8-10-21(11-9-13)18(23)14-6-7-14/h2-5,12-14H,6-11H2,1H3,(H,20,22). The van der Waals surface area contributed by atoms with E-state index in [0.29, 0.717) is 18.1 Å². The number of hydrogen-bond donors (Lipinski definition) is 1. The Bertz CT molecular complexity index is 592. The number of amides is 2. The summed E-state index contributed by atoms with van der Waals surface area (Å²) in [6, 6.07) is 7.46. The Morgan fingerprint density at radius 3 is 2.39 bits per heavy atom. The zero-order chi connectivity index (χ0) is 16.4. The quantitative estimate of drug-likeness (QED) is 0.919. The molecule has 0 aromatic heterocycles. The first-order chi connectivity index (χ1) is 11.1. The first kappa shape index (κ1) is 16.3. The third-order valence-electron chi connectivity index (χ3n) is 4.83. The van der Waals surface area contributed by atoms with Crippen molar-refractivity contribution in [1.82, 2.24) is 10.2 Å². The number of carbonyl (C=O) groups is 2. The molecule has 1 atom stereocenters. The highest BCUT2D eigenvalue weighted by Crippen LogP contribution is 2.32. The topological polar surface area (TPSA) is 49.4 Å². The van der Waals surface area contributed by atoms with Gasteiger partial charge in [0.2, 0.25) is 11.8 Å². The van der Waals surface area contributed by atoms with Crippen LogP contribution in [-0.4, -0.2) is 29.8 Å². The van der Waals surface area contributed by atoms with Gasteiger partial charge >= 0.3 is 0 Å². The molecule has 1 saturated heterocycles. The second kappa shape index (κ2) is 6.91. The highest BCUT2D eigenvalue weighted by Gasteiger charge is 2.36. The van der Waals surface area contributed by atoms with Gasteiger partial charge in [-0.2, -0.15) is 0 Å². The van der Waals surface area contributed by atoms with Crippen LogP contribution in [-0.2, 0) is 9.59 Å². The van der Waals surface area contributed by atoms with Crippen LogP contribution in [0.15, 0.2) is 24.3 Å². The fourth-order valence-electron chi connectivity index (χ4n) is 3.19. The lowest BCUT2D eigenvalue weighted by molar-refractivity contribution is -0.136. The van der Waals surface area contributed by atoms with Gasteiger partial charge in [0, 0.05) is 29.9 Å². The predicted octanol–water partition coefficient (Wildman–Crippen LogP) is 3.17. The van der Waals surface area contributed by atoms with Gasteiger partial charge in [0.15, 0.2) is 0 Å². The van der Waals surface area contributed by atoms with Crippen LogP contribution >= 0.6 is 11.6 Å². The summed E-state index contributed by atoms with van der Waals surface area (Å²) < 4.78 is 0. The van der Waals surface area contributed by atoms with Gasteiger partial charge in [-0.1, -0.05) is 29.8 Å². The summed E-state index contributed by atoms with van der Waals surface area (Å²) in [5, 5.41) is 3.73. The minimum Gasteiger partial charge on any atom is -0.349 e. The van der Waals surface area contributed by atoms with Crippen LogP contribution in [0.3, 0.4) is 0 Å². The second-order valence-electron chi connectivity index (χ2n) is 6.63. The molecule has 124 valence electrons. The molecule has 1 N–H and O–H groups in total. The molecule has 2 aliphatic rings. The van der Waals surface area contributed by atoms with E-state index in [1.54, 1.807) is 0 Å². The molecule has 2 fully saturated rings.